The zero-order chi connectivity index (χ0) is 10.2. The Balaban J connectivity index is 2.27. The van der Waals surface area contributed by atoms with Crippen molar-refractivity contribution < 1.29 is 9.15 Å². The average Bonchev–Trinajstić information content (AvgIpc) is 2.63. The van der Waals surface area contributed by atoms with Crippen molar-refractivity contribution in [3.63, 3.8) is 0 Å². The van der Waals surface area contributed by atoms with Crippen LogP contribution < -0.4 is 5.32 Å². The number of ether oxygens (including phenoxy) is 1. The molecule has 80 valence electrons. The Kier molecular flexibility index (Phi) is 5.25. The molecule has 1 N–H and O–H groups in total. The van der Waals surface area contributed by atoms with E-state index in [1.165, 1.54) is 0 Å². The van der Waals surface area contributed by atoms with Crippen molar-refractivity contribution in [1.29, 1.82) is 0 Å². The Morgan fingerprint density at radius 1 is 1.50 bits per heavy atom. The van der Waals surface area contributed by atoms with Crippen molar-refractivity contribution in [3.05, 3.63) is 17.8 Å². The molecular weight excluding hydrogens is 180 g/mol. The van der Waals surface area contributed by atoms with E-state index in [1.54, 1.807) is 13.3 Å². The van der Waals surface area contributed by atoms with Gasteiger partial charge in [0.05, 0.1) is 12.8 Å². The third-order valence-corrected chi connectivity index (χ3v) is 1.97. The predicted molar refractivity (Wildman–Crippen MR) is 54.3 cm³/mol. The highest BCUT2D eigenvalue weighted by Crippen LogP contribution is 2.06. The van der Waals surface area contributed by atoms with Crippen molar-refractivity contribution in [1.82, 2.24) is 10.3 Å². The molecule has 0 amide bonds. The normalized spacial score (nSPS) is 10.7. The van der Waals surface area contributed by atoms with Gasteiger partial charge in [-0.2, -0.15) is 0 Å². The van der Waals surface area contributed by atoms with Crippen LogP contribution in [0.1, 0.15) is 18.1 Å². The van der Waals surface area contributed by atoms with E-state index in [-0.39, 0.29) is 0 Å². The maximum absolute atomic E-state index is 5.51. The predicted octanol–water partition coefficient (Wildman–Crippen LogP) is 1.02. The van der Waals surface area contributed by atoms with Crippen LogP contribution in [0, 0.1) is 0 Å². The van der Waals surface area contributed by atoms with E-state index >= 15 is 0 Å². The molecule has 14 heavy (non-hydrogen) atoms. The van der Waals surface area contributed by atoms with Gasteiger partial charge in [-0.05, 0) is 20.0 Å². The highest BCUT2D eigenvalue weighted by molar-refractivity contribution is 4.94. The molecule has 0 bridgehead atoms. The summed E-state index contributed by atoms with van der Waals surface area (Å²) in [5.41, 5.74) is 0. The molecule has 0 spiro atoms. The van der Waals surface area contributed by atoms with Gasteiger partial charge in [0.15, 0.2) is 5.89 Å². The first-order valence-corrected chi connectivity index (χ1v) is 4.94. The van der Waals surface area contributed by atoms with Gasteiger partial charge in [-0.25, -0.2) is 4.98 Å². The largest absolute Gasteiger partial charge is 0.446 e. The molecule has 0 saturated carbocycles. The fourth-order valence-corrected chi connectivity index (χ4v) is 1.20. The molecule has 1 aromatic rings. The van der Waals surface area contributed by atoms with Gasteiger partial charge in [0, 0.05) is 20.0 Å². The molecule has 1 heterocycles. The summed E-state index contributed by atoms with van der Waals surface area (Å²) in [6, 6.07) is 0. The fraction of sp³-hybridized carbons (Fsp3) is 0.700. The Bertz CT molecular complexity index is 248. The van der Waals surface area contributed by atoms with Crippen LogP contribution in [0.15, 0.2) is 10.6 Å². The lowest BCUT2D eigenvalue weighted by Gasteiger charge is -1.96. The third kappa shape index (κ3) is 3.89. The minimum atomic E-state index is 0.686. The zero-order valence-corrected chi connectivity index (χ0v) is 8.88. The molecule has 0 fully saturated rings. The number of hydrogen-bond donors (Lipinski definition) is 1. The molecule has 0 aliphatic carbocycles. The van der Waals surface area contributed by atoms with Crippen LogP contribution >= 0.6 is 0 Å². The summed E-state index contributed by atoms with van der Waals surface area (Å²) >= 11 is 0. The monoisotopic (exact) mass is 198 g/mol. The molecular formula is C10H18N2O2. The van der Waals surface area contributed by atoms with Gasteiger partial charge in [-0.1, -0.05) is 0 Å². The molecule has 0 aliphatic heterocycles. The second-order valence-corrected chi connectivity index (χ2v) is 3.17. The van der Waals surface area contributed by atoms with E-state index in [4.69, 9.17) is 9.15 Å². The summed E-state index contributed by atoms with van der Waals surface area (Å²) in [5.74, 6) is 1.73. The average molecular weight is 198 g/mol. The second kappa shape index (κ2) is 6.56. The van der Waals surface area contributed by atoms with E-state index in [0.29, 0.717) is 6.61 Å². The summed E-state index contributed by atoms with van der Waals surface area (Å²) in [5, 5.41) is 3.09. The van der Waals surface area contributed by atoms with Crippen molar-refractivity contribution in [2.24, 2.45) is 0 Å². The molecule has 0 unspecified atom stereocenters. The molecule has 0 atom stereocenters. The van der Waals surface area contributed by atoms with Crippen LogP contribution in [-0.2, 0) is 17.6 Å². The standard InChI is InChI=1S/C10H18N2O2/c1-11-6-3-4-10-12-8-9(14-10)5-7-13-2/h8,11H,3-7H2,1-2H3. The minimum absolute atomic E-state index is 0.686. The molecule has 0 saturated heterocycles. The number of hydrogen-bond acceptors (Lipinski definition) is 4. The molecule has 1 rings (SSSR count). The van der Waals surface area contributed by atoms with Crippen LogP contribution in [0.3, 0.4) is 0 Å². The lowest BCUT2D eigenvalue weighted by molar-refractivity contribution is 0.196. The van der Waals surface area contributed by atoms with Crippen molar-refractivity contribution in [2.75, 3.05) is 27.3 Å². The summed E-state index contributed by atoms with van der Waals surface area (Å²) in [4.78, 5) is 4.19. The molecule has 4 nitrogen and oxygen atoms in total. The van der Waals surface area contributed by atoms with Crippen molar-refractivity contribution in [3.8, 4) is 0 Å². The number of oxazole rings is 1. The molecule has 0 radical (unpaired) electrons. The number of nitrogens with one attached hydrogen (secondary N) is 1. The highest BCUT2D eigenvalue weighted by atomic mass is 16.5. The molecule has 0 aliphatic rings. The lowest BCUT2D eigenvalue weighted by atomic mass is 10.3. The maximum atomic E-state index is 5.51. The van der Waals surface area contributed by atoms with Gasteiger partial charge in [0.25, 0.3) is 0 Å². The molecule has 1 aromatic heterocycles. The number of aromatic nitrogens is 1. The van der Waals surface area contributed by atoms with Crippen LogP contribution in [-0.4, -0.2) is 32.3 Å². The Labute approximate surface area is 84.7 Å². The number of aryl methyl sites for hydroxylation is 1. The Morgan fingerprint density at radius 3 is 3.07 bits per heavy atom. The summed E-state index contributed by atoms with van der Waals surface area (Å²) in [6.07, 6.45) is 4.54. The van der Waals surface area contributed by atoms with E-state index in [0.717, 1.165) is 37.5 Å². The van der Waals surface area contributed by atoms with E-state index < -0.39 is 0 Å². The first-order valence-electron chi connectivity index (χ1n) is 4.94. The second-order valence-electron chi connectivity index (χ2n) is 3.17. The van der Waals surface area contributed by atoms with Gasteiger partial charge < -0.3 is 14.5 Å². The number of nitrogens with zero attached hydrogens (tertiary/aromatic N) is 1. The fourth-order valence-electron chi connectivity index (χ4n) is 1.20. The molecule has 4 heteroatoms. The van der Waals surface area contributed by atoms with Crippen LogP contribution in [0.25, 0.3) is 0 Å². The minimum Gasteiger partial charge on any atom is -0.446 e. The Morgan fingerprint density at radius 2 is 2.36 bits per heavy atom. The van der Waals surface area contributed by atoms with Crippen molar-refractivity contribution in [2.45, 2.75) is 19.3 Å². The lowest BCUT2D eigenvalue weighted by Crippen LogP contribution is -2.08. The van der Waals surface area contributed by atoms with Gasteiger partial charge in [0.2, 0.25) is 0 Å². The van der Waals surface area contributed by atoms with E-state index in [9.17, 15) is 0 Å². The third-order valence-electron chi connectivity index (χ3n) is 1.97. The van der Waals surface area contributed by atoms with E-state index in [2.05, 4.69) is 10.3 Å². The zero-order valence-electron chi connectivity index (χ0n) is 8.88. The van der Waals surface area contributed by atoms with Gasteiger partial charge >= 0.3 is 0 Å². The smallest absolute Gasteiger partial charge is 0.194 e. The van der Waals surface area contributed by atoms with Gasteiger partial charge in [-0.15, -0.1) is 0 Å². The van der Waals surface area contributed by atoms with Crippen LogP contribution in [0.5, 0.6) is 0 Å². The SMILES string of the molecule is CNCCCc1ncc(CCOC)o1. The summed E-state index contributed by atoms with van der Waals surface area (Å²) in [6.45, 7) is 1.68. The van der Waals surface area contributed by atoms with Crippen LogP contribution in [0.4, 0.5) is 0 Å². The number of rotatable bonds is 7. The summed E-state index contributed by atoms with van der Waals surface area (Å²) < 4.78 is 10.5. The first kappa shape index (κ1) is 11.2. The topological polar surface area (TPSA) is 47.3 Å². The highest BCUT2D eigenvalue weighted by Gasteiger charge is 2.02. The first-order chi connectivity index (χ1) is 6.86. The van der Waals surface area contributed by atoms with Gasteiger partial charge in [-0.3, -0.25) is 0 Å². The number of methoxy groups -OCH3 is 1. The quantitative estimate of drug-likeness (QED) is 0.664. The van der Waals surface area contributed by atoms with E-state index in [1.807, 2.05) is 7.05 Å². The molecule has 0 aromatic carbocycles. The van der Waals surface area contributed by atoms with Crippen molar-refractivity contribution >= 4 is 0 Å². The van der Waals surface area contributed by atoms with Gasteiger partial charge in [0.1, 0.15) is 5.76 Å². The van der Waals surface area contributed by atoms with Crippen LogP contribution in [0.2, 0.25) is 0 Å². The maximum Gasteiger partial charge on any atom is 0.194 e. The Hall–Kier alpha value is -0.870. The summed E-state index contributed by atoms with van der Waals surface area (Å²) in [7, 11) is 3.63.